The zero-order chi connectivity index (χ0) is 15.4. The minimum absolute atomic E-state index is 0.0880. The number of rotatable bonds is 5. The molecule has 0 aliphatic heterocycles. The zero-order valence-electron chi connectivity index (χ0n) is 11.4. The Bertz CT molecular complexity index is 750. The number of nitrogens with zero attached hydrogens (tertiary/aromatic N) is 4. The number of aromatic nitrogens is 4. The molecule has 0 radical (unpaired) electrons. The molecule has 2 N–H and O–H groups in total. The molecular formula is C13H11ClN6OS. The maximum Gasteiger partial charge on any atom is 0.235 e. The largest absolute Gasteiger partial charge is 0.497 e. The van der Waals surface area contributed by atoms with Gasteiger partial charge in [0.2, 0.25) is 17.2 Å². The minimum atomic E-state index is 0.0880. The normalized spacial score (nSPS) is 10.3. The van der Waals surface area contributed by atoms with Crippen LogP contribution in [0.5, 0.6) is 5.75 Å². The standard InChI is InChI=1S/C13H11ClN6OS/c1-21-9-4-2-8(3-5-9)16-11-17-10(14)18-12(19-11)20-13-15-6-7-22-13/h2-7H,1H3,(H2,15,16,17,18,19,20). The van der Waals surface area contributed by atoms with Crippen molar-refractivity contribution in [1.82, 2.24) is 19.9 Å². The second kappa shape index (κ2) is 6.54. The quantitative estimate of drug-likeness (QED) is 0.738. The van der Waals surface area contributed by atoms with E-state index in [-0.39, 0.29) is 5.28 Å². The predicted octanol–water partition coefficient (Wildman–Crippen LogP) is 3.48. The molecule has 112 valence electrons. The van der Waals surface area contributed by atoms with Crippen LogP contribution < -0.4 is 15.4 Å². The first kappa shape index (κ1) is 14.5. The molecule has 9 heteroatoms. The summed E-state index contributed by atoms with van der Waals surface area (Å²) in [5.41, 5.74) is 0.809. The lowest BCUT2D eigenvalue weighted by Gasteiger charge is -2.07. The third kappa shape index (κ3) is 3.60. The van der Waals surface area contributed by atoms with E-state index >= 15 is 0 Å². The molecule has 0 saturated heterocycles. The van der Waals surface area contributed by atoms with Crippen molar-refractivity contribution in [3.63, 3.8) is 0 Å². The molecule has 0 bridgehead atoms. The average molecular weight is 335 g/mol. The van der Waals surface area contributed by atoms with Crippen LogP contribution in [0.2, 0.25) is 5.28 Å². The van der Waals surface area contributed by atoms with Gasteiger partial charge >= 0.3 is 0 Å². The van der Waals surface area contributed by atoms with E-state index < -0.39 is 0 Å². The van der Waals surface area contributed by atoms with Crippen molar-refractivity contribution < 1.29 is 4.74 Å². The van der Waals surface area contributed by atoms with E-state index in [2.05, 4.69) is 30.6 Å². The fourth-order valence-electron chi connectivity index (χ4n) is 1.65. The van der Waals surface area contributed by atoms with E-state index in [0.717, 1.165) is 11.4 Å². The summed E-state index contributed by atoms with van der Waals surface area (Å²) in [6, 6.07) is 7.37. The maximum atomic E-state index is 5.92. The SMILES string of the molecule is COc1ccc(Nc2nc(Cl)nc(Nc3nccs3)n2)cc1. The summed E-state index contributed by atoms with van der Waals surface area (Å²) in [5.74, 6) is 1.43. The van der Waals surface area contributed by atoms with Crippen LogP contribution in [0.4, 0.5) is 22.7 Å². The van der Waals surface area contributed by atoms with Gasteiger partial charge in [0.15, 0.2) is 5.13 Å². The fraction of sp³-hybridized carbons (Fsp3) is 0.0769. The lowest BCUT2D eigenvalue weighted by atomic mass is 10.3. The van der Waals surface area contributed by atoms with Crippen LogP contribution in [-0.4, -0.2) is 27.0 Å². The monoisotopic (exact) mass is 334 g/mol. The second-order valence-corrected chi connectivity index (χ2v) is 5.30. The summed E-state index contributed by atoms with van der Waals surface area (Å²) in [6.07, 6.45) is 1.69. The molecule has 3 rings (SSSR count). The summed E-state index contributed by atoms with van der Waals surface area (Å²) in [4.78, 5) is 16.4. The molecule has 0 unspecified atom stereocenters. The molecule has 0 amide bonds. The van der Waals surface area contributed by atoms with Crippen molar-refractivity contribution in [3.8, 4) is 5.75 Å². The Labute approximate surface area is 135 Å². The topological polar surface area (TPSA) is 84.9 Å². The molecule has 0 fully saturated rings. The van der Waals surface area contributed by atoms with Gasteiger partial charge in [-0.05, 0) is 35.9 Å². The van der Waals surface area contributed by atoms with Crippen molar-refractivity contribution in [2.24, 2.45) is 0 Å². The highest BCUT2D eigenvalue weighted by Gasteiger charge is 2.07. The van der Waals surface area contributed by atoms with Crippen molar-refractivity contribution in [3.05, 3.63) is 41.1 Å². The molecule has 22 heavy (non-hydrogen) atoms. The summed E-state index contributed by atoms with van der Waals surface area (Å²) >= 11 is 7.36. The summed E-state index contributed by atoms with van der Waals surface area (Å²) in [6.45, 7) is 0. The number of ether oxygens (including phenoxy) is 1. The first-order valence-electron chi connectivity index (χ1n) is 6.22. The van der Waals surface area contributed by atoms with Gasteiger partial charge < -0.3 is 10.1 Å². The van der Waals surface area contributed by atoms with Gasteiger partial charge in [-0.2, -0.15) is 15.0 Å². The van der Waals surface area contributed by atoms with Crippen LogP contribution in [0.1, 0.15) is 0 Å². The van der Waals surface area contributed by atoms with E-state index in [1.165, 1.54) is 11.3 Å². The Balaban J connectivity index is 1.79. The number of halogens is 1. The predicted molar refractivity (Wildman–Crippen MR) is 86.5 cm³/mol. The molecule has 2 heterocycles. The van der Waals surface area contributed by atoms with Gasteiger partial charge in [0, 0.05) is 17.3 Å². The van der Waals surface area contributed by atoms with Crippen LogP contribution in [0.3, 0.4) is 0 Å². The zero-order valence-corrected chi connectivity index (χ0v) is 13.0. The van der Waals surface area contributed by atoms with Crippen LogP contribution in [0.25, 0.3) is 0 Å². The Kier molecular flexibility index (Phi) is 4.31. The number of nitrogens with one attached hydrogen (secondary N) is 2. The second-order valence-electron chi connectivity index (χ2n) is 4.07. The van der Waals surface area contributed by atoms with Gasteiger partial charge in [-0.25, -0.2) is 4.98 Å². The van der Waals surface area contributed by atoms with Crippen molar-refractivity contribution >= 4 is 45.7 Å². The number of methoxy groups -OCH3 is 1. The van der Waals surface area contributed by atoms with Crippen LogP contribution in [0, 0.1) is 0 Å². The minimum Gasteiger partial charge on any atom is -0.497 e. The summed E-state index contributed by atoms with van der Waals surface area (Å²) < 4.78 is 5.11. The van der Waals surface area contributed by atoms with Gasteiger partial charge in [-0.3, -0.25) is 5.32 Å². The fourth-order valence-corrected chi connectivity index (χ4v) is 2.33. The van der Waals surface area contributed by atoms with Crippen LogP contribution >= 0.6 is 22.9 Å². The van der Waals surface area contributed by atoms with Gasteiger partial charge in [0.05, 0.1) is 7.11 Å². The molecule has 0 saturated carbocycles. The first-order chi connectivity index (χ1) is 10.7. The number of hydrogen-bond donors (Lipinski definition) is 2. The number of anilines is 4. The molecule has 0 atom stereocenters. The van der Waals surface area contributed by atoms with E-state index in [1.54, 1.807) is 13.3 Å². The van der Waals surface area contributed by atoms with Crippen LogP contribution in [0.15, 0.2) is 35.8 Å². The van der Waals surface area contributed by atoms with Gasteiger partial charge in [0.25, 0.3) is 0 Å². The Hall–Kier alpha value is -2.45. The maximum absolute atomic E-state index is 5.92. The van der Waals surface area contributed by atoms with Crippen molar-refractivity contribution in [2.45, 2.75) is 0 Å². The molecule has 1 aromatic carbocycles. The number of hydrogen-bond acceptors (Lipinski definition) is 8. The van der Waals surface area contributed by atoms with E-state index in [0.29, 0.717) is 17.0 Å². The number of thiazole rings is 1. The Morgan fingerprint density at radius 1 is 1.05 bits per heavy atom. The van der Waals surface area contributed by atoms with Gasteiger partial charge in [-0.15, -0.1) is 11.3 Å². The third-order valence-corrected chi connectivity index (χ3v) is 3.46. The van der Waals surface area contributed by atoms with Crippen molar-refractivity contribution in [2.75, 3.05) is 17.7 Å². The number of benzene rings is 1. The Morgan fingerprint density at radius 2 is 1.77 bits per heavy atom. The van der Waals surface area contributed by atoms with Gasteiger partial charge in [0.1, 0.15) is 5.75 Å². The molecular weight excluding hydrogens is 324 g/mol. The highest BCUT2D eigenvalue weighted by Crippen LogP contribution is 2.21. The molecule has 3 aromatic rings. The first-order valence-corrected chi connectivity index (χ1v) is 7.48. The van der Waals surface area contributed by atoms with E-state index in [1.807, 2.05) is 29.6 Å². The third-order valence-electron chi connectivity index (χ3n) is 2.61. The van der Waals surface area contributed by atoms with Gasteiger partial charge in [-0.1, -0.05) is 0 Å². The molecule has 0 aliphatic carbocycles. The Morgan fingerprint density at radius 3 is 2.41 bits per heavy atom. The molecule has 7 nitrogen and oxygen atoms in total. The highest BCUT2D eigenvalue weighted by atomic mass is 35.5. The summed E-state index contributed by atoms with van der Waals surface area (Å²) in [7, 11) is 1.62. The molecule has 0 aliphatic rings. The molecule has 2 aromatic heterocycles. The smallest absolute Gasteiger partial charge is 0.235 e. The lowest BCUT2D eigenvalue weighted by Crippen LogP contribution is -2.03. The average Bonchev–Trinajstić information content (AvgIpc) is 3.00. The summed E-state index contributed by atoms with van der Waals surface area (Å²) in [5, 5.41) is 8.64. The lowest BCUT2D eigenvalue weighted by molar-refractivity contribution is 0.415. The van der Waals surface area contributed by atoms with E-state index in [9.17, 15) is 0 Å². The molecule has 0 spiro atoms. The van der Waals surface area contributed by atoms with Crippen molar-refractivity contribution in [1.29, 1.82) is 0 Å². The van der Waals surface area contributed by atoms with Crippen LogP contribution in [-0.2, 0) is 0 Å². The van der Waals surface area contributed by atoms with E-state index in [4.69, 9.17) is 16.3 Å². The highest BCUT2D eigenvalue weighted by molar-refractivity contribution is 7.13.